The molecule has 0 atom stereocenters. The molecule has 2 heterocycles. The summed E-state index contributed by atoms with van der Waals surface area (Å²) in [5.41, 5.74) is 5.80. The first kappa shape index (κ1) is 25.1. The molecule has 35 heavy (non-hydrogen) atoms. The number of allylic oxidation sites excluding steroid dienone is 1. The third-order valence-corrected chi connectivity index (χ3v) is 7.43. The molecule has 1 fully saturated rings. The van der Waals surface area contributed by atoms with Gasteiger partial charge in [0.2, 0.25) is 5.91 Å². The lowest BCUT2D eigenvalue weighted by Crippen LogP contribution is -2.44. The van der Waals surface area contributed by atoms with Crippen LogP contribution in [0.5, 0.6) is 0 Å². The van der Waals surface area contributed by atoms with Crippen molar-refractivity contribution in [3.05, 3.63) is 69.1 Å². The van der Waals surface area contributed by atoms with Crippen LogP contribution in [0.1, 0.15) is 44.4 Å². The van der Waals surface area contributed by atoms with E-state index in [9.17, 15) is 14.4 Å². The van der Waals surface area contributed by atoms with Gasteiger partial charge >= 0.3 is 0 Å². The largest absolute Gasteiger partial charge is 0.363 e. The quantitative estimate of drug-likeness (QED) is 0.476. The van der Waals surface area contributed by atoms with Gasteiger partial charge in [0.1, 0.15) is 6.54 Å². The van der Waals surface area contributed by atoms with E-state index in [0.717, 1.165) is 39.9 Å². The summed E-state index contributed by atoms with van der Waals surface area (Å²) >= 11 is 6.72. The van der Waals surface area contributed by atoms with Crippen LogP contribution in [0.3, 0.4) is 0 Å². The third kappa shape index (κ3) is 5.02. The molecule has 182 valence electrons. The van der Waals surface area contributed by atoms with Gasteiger partial charge in [0, 0.05) is 28.5 Å². The van der Waals surface area contributed by atoms with E-state index < -0.39 is 17.1 Å². The van der Waals surface area contributed by atoms with Gasteiger partial charge in [-0.1, -0.05) is 17.7 Å². The highest BCUT2D eigenvalue weighted by Crippen LogP contribution is 2.41. The van der Waals surface area contributed by atoms with Crippen LogP contribution < -0.4 is 10.2 Å². The smallest absolute Gasteiger partial charge is 0.294 e. The summed E-state index contributed by atoms with van der Waals surface area (Å²) in [5.74, 6) is -0.921. The fourth-order valence-corrected chi connectivity index (χ4v) is 5.59. The van der Waals surface area contributed by atoms with Crippen LogP contribution in [-0.2, 0) is 9.59 Å². The molecule has 0 bridgehead atoms. The van der Waals surface area contributed by atoms with Gasteiger partial charge in [0.25, 0.3) is 11.1 Å². The summed E-state index contributed by atoms with van der Waals surface area (Å²) in [6.45, 7) is 11.2. The molecule has 1 N–H and O–H groups in total. The maximum atomic E-state index is 13.0. The second-order valence-corrected chi connectivity index (χ2v) is 10.7. The Kier molecular flexibility index (Phi) is 6.84. The summed E-state index contributed by atoms with van der Waals surface area (Å²) < 4.78 is 0. The van der Waals surface area contributed by atoms with Crippen molar-refractivity contribution in [2.75, 3.05) is 23.3 Å². The topological polar surface area (TPSA) is 69.7 Å². The van der Waals surface area contributed by atoms with Crippen LogP contribution >= 0.6 is 23.4 Å². The zero-order valence-electron chi connectivity index (χ0n) is 20.4. The molecular formula is C27H28ClN3O3S. The fraction of sp³-hybridized carbons (Fsp3) is 0.296. The number of carbonyl (C=O) groups excluding carboxylic acids is 3. The number of carbonyl (C=O) groups is 3. The van der Waals surface area contributed by atoms with Crippen LogP contribution in [0.15, 0.2) is 47.4 Å². The van der Waals surface area contributed by atoms with Crippen molar-refractivity contribution in [3.63, 3.8) is 0 Å². The molecule has 1 saturated heterocycles. The lowest BCUT2D eigenvalue weighted by Gasteiger charge is -2.43. The lowest BCUT2D eigenvalue weighted by molar-refractivity contribution is -0.127. The van der Waals surface area contributed by atoms with E-state index in [4.69, 9.17) is 11.6 Å². The molecule has 2 aromatic carbocycles. The molecule has 0 spiro atoms. The molecule has 0 radical (unpaired) electrons. The van der Waals surface area contributed by atoms with Crippen LogP contribution in [-0.4, -0.2) is 40.6 Å². The molecule has 3 amide bonds. The van der Waals surface area contributed by atoms with E-state index >= 15 is 0 Å². The van der Waals surface area contributed by atoms with Crippen molar-refractivity contribution in [1.82, 2.24) is 4.90 Å². The monoisotopic (exact) mass is 509 g/mol. The lowest BCUT2D eigenvalue weighted by atomic mass is 9.87. The molecule has 0 aliphatic carbocycles. The van der Waals surface area contributed by atoms with Gasteiger partial charge in [0.15, 0.2) is 0 Å². The van der Waals surface area contributed by atoms with E-state index in [0.29, 0.717) is 15.6 Å². The third-order valence-electron chi connectivity index (χ3n) is 6.27. The number of imide groups is 1. The Hall–Kier alpha value is -3.03. The minimum absolute atomic E-state index is 0.0883. The Bertz CT molecular complexity index is 1280. The van der Waals surface area contributed by atoms with Gasteiger partial charge in [-0.15, -0.1) is 0 Å². The number of fused-ring (bicyclic) bond motifs is 1. The molecular weight excluding hydrogens is 482 g/mol. The van der Waals surface area contributed by atoms with E-state index in [1.807, 2.05) is 6.92 Å². The molecule has 8 heteroatoms. The standard InChI is InChI=1S/C27H28ClN3O3S/c1-6-31-22-11-16(2)18(12-21(22)17(3)14-27(31,4)5)13-23-25(33)30(26(34)35-23)15-24(32)29-20-9-7-19(28)8-10-20/h7-14H,6,15H2,1-5H3,(H,29,32)/b23-13+. The number of benzene rings is 2. The predicted molar refractivity (Wildman–Crippen MR) is 145 cm³/mol. The second-order valence-electron chi connectivity index (χ2n) is 9.27. The Morgan fingerprint density at radius 1 is 1.14 bits per heavy atom. The van der Waals surface area contributed by atoms with Crippen LogP contribution in [0.2, 0.25) is 5.02 Å². The first-order chi connectivity index (χ1) is 16.5. The molecule has 2 aliphatic rings. The van der Waals surface area contributed by atoms with E-state index in [2.05, 4.69) is 56.1 Å². The zero-order valence-corrected chi connectivity index (χ0v) is 22.0. The zero-order chi connectivity index (χ0) is 25.5. The van der Waals surface area contributed by atoms with E-state index in [1.165, 1.54) is 11.3 Å². The number of hydrogen-bond donors (Lipinski definition) is 1. The van der Waals surface area contributed by atoms with Gasteiger partial charge in [0.05, 0.1) is 10.4 Å². The Morgan fingerprint density at radius 3 is 2.49 bits per heavy atom. The number of halogens is 1. The molecule has 4 rings (SSSR count). The molecule has 0 unspecified atom stereocenters. The van der Waals surface area contributed by atoms with Crippen LogP contribution in [0.25, 0.3) is 11.6 Å². The number of thioether (sulfide) groups is 1. The average Bonchev–Trinajstić information content (AvgIpc) is 3.03. The Balaban J connectivity index is 1.56. The summed E-state index contributed by atoms with van der Waals surface area (Å²) in [5, 5.41) is 2.77. The maximum Gasteiger partial charge on any atom is 0.294 e. The van der Waals surface area contributed by atoms with Crippen molar-refractivity contribution in [1.29, 1.82) is 0 Å². The molecule has 2 aliphatic heterocycles. The van der Waals surface area contributed by atoms with Crippen molar-refractivity contribution in [2.24, 2.45) is 0 Å². The second kappa shape index (κ2) is 9.55. The first-order valence-electron chi connectivity index (χ1n) is 11.4. The number of nitrogens with zero attached hydrogens (tertiary/aromatic N) is 2. The number of amides is 3. The highest BCUT2D eigenvalue weighted by atomic mass is 35.5. The van der Waals surface area contributed by atoms with E-state index in [1.54, 1.807) is 30.3 Å². The number of aryl methyl sites for hydroxylation is 1. The predicted octanol–water partition coefficient (Wildman–Crippen LogP) is 6.35. The maximum absolute atomic E-state index is 13.0. The molecule has 0 aromatic heterocycles. The Labute approximate surface area is 215 Å². The molecule has 6 nitrogen and oxygen atoms in total. The summed E-state index contributed by atoms with van der Waals surface area (Å²) in [6, 6.07) is 10.8. The molecule has 0 saturated carbocycles. The normalized spacial score (nSPS) is 18.1. The van der Waals surface area contributed by atoms with E-state index in [-0.39, 0.29) is 12.1 Å². The van der Waals surface area contributed by atoms with Gasteiger partial charge in [-0.2, -0.15) is 0 Å². The molecule has 2 aromatic rings. The number of nitrogens with one attached hydrogen (secondary N) is 1. The summed E-state index contributed by atoms with van der Waals surface area (Å²) in [7, 11) is 0. The van der Waals surface area contributed by atoms with Gasteiger partial charge in [-0.05, 0) is 106 Å². The number of anilines is 2. The number of hydrogen-bond acceptors (Lipinski definition) is 5. The van der Waals surface area contributed by atoms with Crippen molar-refractivity contribution in [3.8, 4) is 0 Å². The average molecular weight is 510 g/mol. The number of likely N-dealkylation sites (N-methyl/N-ethyl adjacent to an activating group) is 1. The van der Waals surface area contributed by atoms with Crippen molar-refractivity contribution in [2.45, 2.75) is 40.2 Å². The number of rotatable bonds is 5. The fourth-order valence-electron chi connectivity index (χ4n) is 4.63. The minimum Gasteiger partial charge on any atom is -0.363 e. The van der Waals surface area contributed by atoms with Crippen molar-refractivity contribution >= 4 is 63.4 Å². The minimum atomic E-state index is -0.466. The van der Waals surface area contributed by atoms with Crippen LogP contribution in [0.4, 0.5) is 16.2 Å². The summed E-state index contributed by atoms with van der Waals surface area (Å²) in [4.78, 5) is 41.6. The highest BCUT2D eigenvalue weighted by Gasteiger charge is 2.37. The van der Waals surface area contributed by atoms with Gasteiger partial charge in [-0.3, -0.25) is 19.3 Å². The van der Waals surface area contributed by atoms with Gasteiger partial charge in [-0.25, -0.2) is 0 Å². The SMILES string of the molecule is CCN1c2cc(C)c(/C=C3/SC(=O)N(CC(=O)Nc4ccc(Cl)cc4)C3=O)cc2C(C)=CC1(C)C. The van der Waals surface area contributed by atoms with Crippen molar-refractivity contribution < 1.29 is 14.4 Å². The summed E-state index contributed by atoms with van der Waals surface area (Å²) in [6.07, 6.45) is 4.01. The highest BCUT2D eigenvalue weighted by molar-refractivity contribution is 8.18. The Morgan fingerprint density at radius 2 is 1.83 bits per heavy atom. The van der Waals surface area contributed by atoms with Gasteiger partial charge < -0.3 is 10.2 Å². The first-order valence-corrected chi connectivity index (χ1v) is 12.6. The van der Waals surface area contributed by atoms with Crippen LogP contribution in [0, 0.1) is 6.92 Å².